The molecule has 1 aliphatic rings. The van der Waals surface area contributed by atoms with Gasteiger partial charge in [0.15, 0.2) is 12.4 Å². The van der Waals surface area contributed by atoms with Crippen LogP contribution in [-0.2, 0) is 22.7 Å². The summed E-state index contributed by atoms with van der Waals surface area (Å²) in [4.78, 5) is 15.6. The minimum atomic E-state index is -0.146. The third-order valence-electron chi connectivity index (χ3n) is 3.48. The summed E-state index contributed by atoms with van der Waals surface area (Å²) in [7, 11) is 1.58. The topological polar surface area (TPSA) is 98.5 Å². The second-order valence-corrected chi connectivity index (χ2v) is 5.23. The third kappa shape index (κ3) is 3.66. The van der Waals surface area contributed by atoms with Crippen LogP contribution in [0.3, 0.4) is 0 Å². The van der Waals surface area contributed by atoms with Crippen LogP contribution in [0.5, 0.6) is 5.75 Å². The fraction of sp³-hybridized carbons (Fsp3) is 0.400. The summed E-state index contributed by atoms with van der Waals surface area (Å²) in [6, 6.07) is 5.75. The van der Waals surface area contributed by atoms with Crippen molar-refractivity contribution in [3.63, 3.8) is 0 Å². The van der Waals surface area contributed by atoms with Crippen LogP contribution in [0.15, 0.2) is 22.7 Å². The highest BCUT2D eigenvalue weighted by Crippen LogP contribution is 2.30. The second-order valence-electron chi connectivity index (χ2n) is 5.23. The monoisotopic (exact) mass is 318 g/mol. The first-order valence-electron chi connectivity index (χ1n) is 7.26. The van der Waals surface area contributed by atoms with Crippen molar-refractivity contribution in [2.45, 2.75) is 26.1 Å². The number of methoxy groups -OCH3 is 1. The Morgan fingerprint density at radius 1 is 1.48 bits per heavy atom. The van der Waals surface area contributed by atoms with E-state index in [0.29, 0.717) is 36.3 Å². The Morgan fingerprint density at radius 2 is 2.35 bits per heavy atom. The molecule has 8 heteroatoms. The first kappa shape index (κ1) is 15.4. The number of hydrogen-bond acceptors (Lipinski definition) is 7. The van der Waals surface area contributed by atoms with Gasteiger partial charge in [-0.05, 0) is 24.6 Å². The van der Waals surface area contributed by atoms with Gasteiger partial charge in [0.25, 0.3) is 5.91 Å². The van der Waals surface area contributed by atoms with Gasteiger partial charge in [0.2, 0.25) is 5.89 Å². The summed E-state index contributed by atoms with van der Waals surface area (Å²) in [5, 5.41) is 9.91. The zero-order valence-electron chi connectivity index (χ0n) is 13.0. The zero-order chi connectivity index (χ0) is 16.2. The van der Waals surface area contributed by atoms with Crippen molar-refractivity contribution in [1.82, 2.24) is 15.5 Å². The molecule has 1 aliphatic heterocycles. The number of carbonyl (C=O) groups excluding carboxylic acids is 1. The van der Waals surface area contributed by atoms with Gasteiger partial charge in [0.05, 0.1) is 12.2 Å². The van der Waals surface area contributed by atoms with Crippen LogP contribution in [0.1, 0.15) is 30.2 Å². The molecule has 1 unspecified atom stereocenters. The molecule has 0 saturated heterocycles. The van der Waals surface area contributed by atoms with Crippen molar-refractivity contribution in [2.75, 3.05) is 19.0 Å². The van der Waals surface area contributed by atoms with E-state index in [0.717, 1.165) is 5.56 Å². The third-order valence-corrected chi connectivity index (χ3v) is 3.48. The van der Waals surface area contributed by atoms with Crippen LogP contribution in [0.4, 0.5) is 5.69 Å². The number of benzene rings is 1. The number of fused-ring (bicyclic) bond motifs is 1. The predicted octanol–water partition coefficient (Wildman–Crippen LogP) is 1.40. The van der Waals surface area contributed by atoms with Crippen LogP contribution < -0.4 is 15.4 Å². The average Bonchev–Trinajstić information content (AvgIpc) is 3.00. The Labute approximate surface area is 133 Å². The van der Waals surface area contributed by atoms with Gasteiger partial charge in [0.1, 0.15) is 12.4 Å². The molecule has 0 aliphatic carbocycles. The highest BCUT2D eigenvalue weighted by Gasteiger charge is 2.17. The molecule has 0 bridgehead atoms. The van der Waals surface area contributed by atoms with E-state index in [2.05, 4.69) is 20.8 Å². The molecule has 0 fully saturated rings. The Kier molecular flexibility index (Phi) is 4.54. The van der Waals surface area contributed by atoms with E-state index >= 15 is 0 Å². The van der Waals surface area contributed by atoms with E-state index < -0.39 is 0 Å². The van der Waals surface area contributed by atoms with E-state index in [1.807, 2.05) is 25.1 Å². The molecular formula is C15H18N4O4. The van der Waals surface area contributed by atoms with Crippen molar-refractivity contribution in [1.29, 1.82) is 0 Å². The van der Waals surface area contributed by atoms with Gasteiger partial charge < -0.3 is 24.6 Å². The van der Waals surface area contributed by atoms with Gasteiger partial charge in [-0.25, -0.2) is 0 Å². The number of amides is 1. The quantitative estimate of drug-likeness (QED) is 0.830. The minimum absolute atomic E-state index is 0.0388. The van der Waals surface area contributed by atoms with Crippen LogP contribution in [-0.4, -0.2) is 29.8 Å². The second kappa shape index (κ2) is 6.76. The fourth-order valence-electron chi connectivity index (χ4n) is 2.28. The lowest BCUT2D eigenvalue weighted by Gasteiger charge is -2.20. The van der Waals surface area contributed by atoms with Gasteiger partial charge in [-0.3, -0.25) is 4.79 Å². The van der Waals surface area contributed by atoms with Crippen LogP contribution >= 0.6 is 0 Å². The van der Waals surface area contributed by atoms with E-state index in [9.17, 15) is 4.79 Å². The normalized spacial score (nSPS) is 14.8. The van der Waals surface area contributed by atoms with Crippen molar-refractivity contribution >= 4 is 11.6 Å². The molecule has 1 amide bonds. The molecule has 1 aromatic heterocycles. The Hall–Kier alpha value is -2.45. The molecule has 23 heavy (non-hydrogen) atoms. The van der Waals surface area contributed by atoms with Gasteiger partial charge in [-0.1, -0.05) is 11.2 Å². The lowest BCUT2D eigenvalue weighted by Crippen LogP contribution is -2.26. The zero-order valence-corrected chi connectivity index (χ0v) is 13.0. The summed E-state index contributed by atoms with van der Waals surface area (Å²) in [5.74, 6) is 1.55. The molecule has 1 atom stereocenters. The standard InChI is InChI=1S/C15H18N4O4/c1-9(16-6-15-18-13(7-21-2)19-23-15)10-3-4-12-11(5-10)17-14(20)8-22-12/h3-5,9,16H,6-8H2,1-2H3,(H,17,20). The number of hydrogen-bond donors (Lipinski definition) is 2. The molecule has 1 aromatic carbocycles. The number of rotatable bonds is 6. The summed E-state index contributed by atoms with van der Waals surface area (Å²) in [5.41, 5.74) is 1.71. The van der Waals surface area contributed by atoms with Gasteiger partial charge in [-0.2, -0.15) is 4.98 Å². The lowest BCUT2D eigenvalue weighted by molar-refractivity contribution is -0.118. The Balaban J connectivity index is 1.62. The van der Waals surface area contributed by atoms with Gasteiger partial charge in [-0.15, -0.1) is 0 Å². The highest BCUT2D eigenvalue weighted by atomic mass is 16.5. The van der Waals surface area contributed by atoms with Crippen molar-refractivity contribution in [3.05, 3.63) is 35.5 Å². The molecule has 122 valence electrons. The number of nitrogens with one attached hydrogen (secondary N) is 2. The SMILES string of the molecule is COCc1noc(CNC(C)c2ccc3c(c2)NC(=O)CO3)n1. The summed E-state index contributed by atoms with van der Waals surface area (Å²) in [6.07, 6.45) is 0. The van der Waals surface area contributed by atoms with E-state index in [1.165, 1.54) is 0 Å². The summed E-state index contributed by atoms with van der Waals surface area (Å²) < 4.78 is 15.4. The largest absolute Gasteiger partial charge is 0.482 e. The molecule has 0 spiro atoms. The summed E-state index contributed by atoms with van der Waals surface area (Å²) >= 11 is 0. The van der Waals surface area contributed by atoms with Crippen LogP contribution in [0.2, 0.25) is 0 Å². The first-order valence-corrected chi connectivity index (χ1v) is 7.26. The number of nitrogens with zero attached hydrogens (tertiary/aromatic N) is 2. The molecule has 2 aromatic rings. The lowest BCUT2D eigenvalue weighted by atomic mass is 10.1. The molecule has 2 N–H and O–H groups in total. The van der Waals surface area contributed by atoms with Crippen molar-refractivity contribution in [2.24, 2.45) is 0 Å². The predicted molar refractivity (Wildman–Crippen MR) is 80.8 cm³/mol. The van der Waals surface area contributed by atoms with Gasteiger partial charge >= 0.3 is 0 Å². The molecular weight excluding hydrogens is 300 g/mol. The number of carbonyl (C=O) groups is 1. The van der Waals surface area contributed by atoms with E-state index in [4.69, 9.17) is 14.0 Å². The number of anilines is 1. The maximum atomic E-state index is 11.4. The number of ether oxygens (including phenoxy) is 2. The molecule has 2 heterocycles. The maximum Gasteiger partial charge on any atom is 0.262 e. The van der Waals surface area contributed by atoms with Crippen LogP contribution in [0.25, 0.3) is 0 Å². The minimum Gasteiger partial charge on any atom is -0.482 e. The molecule has 3 rings (SSSR count). The fourth-order valence-corrected chi connectivity index (χ4v) is 2.28. The Morgan fingerprint density at radius 3 is 3.17 bits per heavy atom. The molecule has 0 radical (unpaired) electrons. The van der Waals surface area contributed by atoms with Crippen LogP contribution in [0, 0.1) is 0 Å². The summed E-state index contributed by atoms with van der Waals surface area (Å²) in [6.45, 7) is 2.84. The molecule has 8 nitrogen and oxygen atoms in total. The van der Waals surface area contributed by atoms with Crippen molar-refractivity contribution < 1.29 is 18.8 Å². The highest BCUT2D eigenvalue weighted by molar-refractivity contribution is 5.95. The Bertz CT molecular complexity index is 701. The van der Waals surface area contributed by atoms with E-state index in [1.54, 1.807) is 7.11 Å². The molecule has 0 saturated carbocycles. The smallest absolute Gasteiger partial charge is 0.262 e. The van der Waals surface area contributed by atoms with Crippen molar-refractivity contribution in [3.8, 4) is 5.75 Å². The maximum absolute atomic E-state index is 11.4. The first-order chi connectivity index (χ1) is 11.2. The number of aromatic nitrogens is 2. The van der Waals surface area contributed by atoms with Gasteiger partial charge in [0, 0.05) is 13.2 Å². The van der Waals surface area contributed by atoms with E-state index in [-0.39, 0.29) is 18.6 Å². The average molecular weight is 318 g/mol.